The van der Waals surface area contributed by atoms with E-state index in [0.29, 0.717) is 15.7 Å². The highest BCUT2D eigenvalue weighted by molar-refractivity contribution is 9.10. The Hall–Kier alpha value is -1.69. The van der Waals surface area contributed by atoms with Gasteiger partial charge in [-0.15, -0.1) is 0 Å². The number of amides is 1. The second-order valence-electron chi connectivity index (χ2n) is 3.94. The number of halogens is 2. The van der Waals surface area contributed by atoms with E-state index in [0.717, 1.165) is 5.56 Å². The van der Waals surface area contributed by atoms with Crippen molar-refractivity contribution in [3.8, 4) is 0 Å². The van der Waals surface area contributed by atoms with Crippen molar-refractivity contribution in [1.29, 1.82) is 0 Å². The number of anilines is 1. The Morgan fingerprint density at radius 1 is 1.50 bits per heavy atom. The fourth-order valence-corrected chi connectivity index (χ4v) is 1.97. The van der Waals surface area contributed by atoms with Gasteiger partial charge in [0.1, 0.15) is 5.82 Å². The number of aryl methyl sites for hydroxylation is 2. The van der Waals surface area contributed by atoms with E-state index in [4.69, 9.17) is 0 Å². The van der Waals surface area contributed by atoms with E-state index in [-0.39, 0.29) is 5.91 Å². The Labute approximate surface area is 112 Å². The van der Waals surface area contributed by atoms with Crippen LogP contribution in [0.1, 0.15) is 15.9 Å². The monoisotopic (exact) mass is 311 g/mol. The van der Waals surface area contributed by atoms with Gasteiger partial charge in [-0.1, -0.05) is 0 Å². The summed E-state index contributed by atoms with van der Waals surface area (Å²) in [6, 6.07) is 2.90. The number of nitrogens with one attached hydrogen (secondary N) is 1. The predicted octanol–water partition coefficient (Wildman–Crippen LogP) is 2.88. The Morgan fingerprint density at radius 2 is 2.22 bits per heavy atom. The molecule has 0 spiro atoms. The van der Waals surface area contributed by atoms with Gasteiger partial charge >= 0.3 is 0 Å². The molecule has 1 N–H and O–H groups in total. The van der Waals surface area contributed by atoms with Gasteiger partial charge in [-0.3, -0.25) is 9.48 Å². The Morgan fingerprint density at radius 3 is 2.83 bits per heavy atom. The third-order valence-corrected chi connectivity index (χ3v) is 3.09. The first kappa shape index (κ1) is 12.8. The summed E-state index contributed by atoms with van der Waals surface area (Å²) < 4.78 is 15.3. The second-order valence-corrected chi connectivity index (χ2v) is 4.79. The molecule has 1 heterocycles. The minimum Gasteiger partial charge on any atom is -0.322 e. The third kappa shape index (κ3) is 2.59. The Balaban J connectivity index is 2.24. The van der Waals surface area contributed by atoms with Gasteiger partial charge in [0.05, 0.1) is 16.2 Å². The Kier molecular flexibility index (Phi) is 3.47. The summed E-state index contributed by atoms with van der Waals surface area (Å²) in [7, 11) is 1.72. The van der Waals surface area contributed by atoms with Crippen LogP contribution in [-0.2, 0) is 7.05 Å². The molecule has 6 heteroatoms. The van der Waals surface area contributed by atoms with Gasteiger partial charge in [0.2, 0.25) is 0 Å². The molecule has 0 saturated heterocycles. The lowest BCUT2D eigenvalue weighted by molar-refractivity contribution is 0.102. The lowest BCUT2D eigenvalue weighted by Crippen LogP contribution is -2.12. The molecule has 94 valence electrons. The molecular formula is C12H11BrFN3O. The summed E-state index contributed by atoms with van der Waals surface area (Å²) in [4.78, 5) is 11.9. The second kappa shape index (κ2) is 4.89. The third-order valence-electron chi connectivity index (χ3n) is 2.48. The molecule has 0 aliphatic rings. The van der Waals surface area contributed by atoms with E-state index in [1.165, 1.54) is 16.9 Å². The molecule has 0 radical (unpaired) electrons. The van der Waals surface area contributed by atoms with Crippen molar-refractivity contribution in [3.05, 3.63) is 45.9 Å². The number of rotatable bonds is 2. The van der Waals surface area contributed by atoms with Gasteiger partial charge < -0.3 is 5.32 Å². The van der Waals surface area contributed by atoms with Crippen LogP contribution in [0.2, 0.25) is 0 Å². The van der Waals surface area contributed by atoms with Crippen LogP contribution in [0.15, 0.2) is 29.0 Å². The SMILES string of the molecule is Cc1cc(Br)c(F)cc1NC(=O)c1cnn(C)c1. The van der Waals surface area contributed by atoms with Crippen molar-refractivity contribution in [1.82, 2.24) is 9.78 Å². The van der Waals surface area contributed by atoms with Crippen LogP contribution in [0.25, 0.3) is 0 Å². The normalized spacial score (nSPS) is 10.4. The molecular weight excluding hydrogens is 301 g/mol. The lowest BCUT2D eigenvalue weighted by Gasteiger charge is -2.08. The zero-order valence-corrected chi connectivity index (χ0v) is 11.5. The average Bonchev–Trinajstić information content (AvgIpc) is 2.73. The molecule has 0 fully saturated rings. The van der Waals surface area contributed by atoms with Crippen molar-refractivity contribution in [3.63, 3.8) is 0 Å². The molecule has 2 rings (SSSR count). The molecule has 1 aromatic carbocycles. The first-order valence-corrected chi connectivity index (χ1v) is 6.02. The van der Waals surface area contributed by atoms with Gasteiger partial charge in [-0.2, -0.15) is 5.10 Å². The minimum atomic E-state index is -0.415. The number of carbonyl (C=O) groups is 1. The number of aromatic nitrogens is 2. The van der Waals surface area contributed by atoms with Crippen molar-refractivity contribution in [2.24, 2.45) is 7.05 Å². The maximum atomic E-state index is 13.4. The highest BCUT2D eigenvalue weighted by Gasteiger charge is 2.11. The Bertz CT molecular complexity index is 609. The molecule has 0 bridgehead atoms. The van der Waals surface area contributed by atoms with E-state index in [1.54, 1.807) is 26.2 Å². The zero-order chi connectivity index (χ0) is 13.3. The summed E-state index contributed by atoms with van der Waals surface area (Å²) in [5.74, 6) is -0.727. The van der Waals surface area contributed by atoms with Crippen LogP contribution < -0.4 is 5.32 Å². The van der Waals surface area contributed by atoms with Gasteiger partial charge in [0.25, 0.3) is 5.91 Å². The fourth-order valence-electron chi connectivity index (χ4n) is 1.51. The smallest absolute Gasteiger partial charge is 0.258 e. The summed E-state index contributed by atoms with van der Waals surface area (Å²) in [5, 5.41) is 6.56. The van der Waals surface area contributed by atoms with Crippen LogP contribution in [-0.4, -0.2) is 15.7 Å². The highest BCUT2D eigenvalue weighted by Crippen LogP contribution is 2.24. The molecule has 0 unspecified atom stereocenters. The van der Waals surface area contributed by atoms with Crippen molar-refractivity contribution >= 4 is 27.5 Å². The van der Waals surface area contributed by atoms with Crippen molar-refractivity contribution in [2.45, 2.75) is 6.92 Å². The zero-order valence-electron chi connectivity index (χ0n) is 9.87. The topological polar surface area (TPSA) is 46.9 Å². The van der Waals surface area contributed by atoms with Gasteiger partial charge in [0.15, 0.2) is 0 Å². The molecule has 0 aliphatic heterocycles. The maximum absolute atomic E-state index is 13.4. The van der Waals surface area contributed by atoms with Gasteiger partial charge in [0, 0.05) is 18.9 Å². The van der Waals surface area contributed by atoms with E-state index in [2.05, 4.69) is 26.3 Å². The molecule has 0 atom stereocenters. The van der Waals surface area contributed by atoms with Crippen LogP contribution >= 0.6 is 15.9 Å². The quantitative estimate of drug-likeness (QED) is 0.927. The molecule has 1 aromatic heterocycles. The highest BCUT2D eigenvalue weighted by atomic mass is 79.9. The summed E-state index contributed by atoms with van der Waals surface area (Å²) in [6.45, 7) is 1.79. The number of nitrogens with zero attached hydrogens (tertiary/aromatic N) is 2. The van der Waals surface area contributed by atoms with Crippen LogP contribution in [0, 0.1) is 12.7 Å². The van der Waals surface area contributed by atoms with E-state index < -0.39 is 5.82 Å². The van der Waals surface area contributed by atoms with Crippen molar-refractivity contribution < 1.29 is 9.18 Å². The van der Waals surface area contributed by atoms with Crippen LogP contribution in [0.3, 0.4) is 0 Å². The van der Waals surface area contributed by atoms with Gasteiger partial charge in [-0.05, 0) is 40.5 Å². The number of hydrogen-bond donors (Lipinski definition) is 1. The van der Waals surface area contributed by atoms with Gasteiger partial charge in [-0.25, -0.2) is 4.39 Å². The minimum absolute atomic E-state index is 0.312. The largest absolute Gasteiger partial charge is 0.322 e. The standard InChI is InChI=1S/C12H11BrFN3O/c1-7-3-9(13)10(14)4-11(7)16-12(18)8-5-15-17(2)6-8/h3-6H,1-2H3,(H,16,18). The van der Waals surface area contributed by atoms with Crippen molar-refractivity contribution in [2.75, 3.05) is 5.32 Å². The van der Waals surface area contributed by atoms with E-state index in [1.807, 2.05) is 0 Å². The molecule has 0 aliphatic carbocycles. The molecule has 4 nitrogen and oxygen atoms in total. The summed E-state index contributed by atoms with van der Waals surface area (Å²) >= 11 is 3.09. The van der Waals surface area contributed by atoms with Crippen LogP contribution in [0.4, 0.5) is 10.1 Å². The maximum Gasteiger partial charge on any atom is 0.258 e. The van der Waals surface area contributed by atoms with Crippen LogP contribution in [0.5, 0.6) is 0 Å². The summed E-state index contributed by atoms with van der Waals surface area (Å²) in [6.07, 6.45) is 3.06. The fraction of sp³-hybridized carbons (Fsp3) is 0.167. The number of hydrogen-bond acceptors (Lipinski definition) is 2. The predicted molar refractivity (Wildman–Crippen MR) is 70.0 cm³/mol. The molecule has 18 heavy (non-hydrogen) atoms. The molecule has 1 amide bonds. The number of benzene rings is 1. The van der Waals surface area contributed by atoms with E-state index >= 15 is 0 Å². The lowest BCUT2D eigenvalue weighted by atomic mass is 10.2. The van der Waals surface area contributed by atoms with E-state index in [9.17, 15) is 9.18 Å². The average molecular weight is 312 g/mol. The molecule has 2 aromatic rings. The first-order valence-electron chi connectivity index (χ1n) is 5.23. The summed E-state index contributed by atoms with van der Waals surface area (Å²) in [5.41, 5.74) is 1.66. The number of carbonyl (C=O) groups excluding carboxylic acids is 1. The molecule has 0 saturated carbocycles. The first-order chi connectivity index (χ1) is 8.47.